The van der Waals surface area contributed by atoms with Crippen LogP contribution in [-0.2, 0) is 10.8 Å². The summed E-state index contributed by atoms with van der Waals surface area (Å²) in [5.41, 5.74) is -11.6. The maximum absolute atomic E-state index is 10.5. The van der Waals surface area contributed by atoms with Crippen molar-refractivity contribution in [1.29, 1.82) is 0 Å². The Balaban J connectivity index is 1.75. The van der Waals surface area contributed by atoms with Crippen LogP contribution in [0.25, 0.3) is 0 Å². The standard InChI is InChI=1S/3C18H15P.2ClH.Pd/c3*1-4-10-16(11-5-1)19(17-12-6-2-7-13-17)18-14-8-3-9-15-18;;;/h3*1-15H;2*1H;/q;;;;;-1/p+1. The van der Waals surface area contributed by atoms with Crippen LogP contribution in [0.15, 0.2) is 273 Å². The molecule has 0 unspecified atom stereocenters. The molecule has 0 amide bonds. The third-order valence-corrected chi connectivity index (χ3v) is 98.9. The fraction of sp³-hybridized carbons (Fsp3) is 0. The number of hydrogen-bond donors (Lipinski definition) is 0. The Morgan fingerprint density at radius 2 is 0.283 bits per heavy atom. The van der Waals surface area contributed by atoms with Gasteiger partial charge in [-0.05, 0) is 0 Å². The van der Waals surface area contributed by atoms with Gasteiger partial charge in [-0.2, -0.15) is 0 Å². The fourth-order valence-electron chi connectivity index (χ4n) is 9.39. The summed E-state index contributed by atoms with van der Waals surface area (Å²) >= 11 is 0. The Morgan fingerprint density at radius 3 is 0.383 bits per heavy atom. The van der Waals surface area contributed by atoms with Gasteiger partial charge < -0.3 is 0 Å². The van der Waals surface area contributed by atoms with E-state index in [1.54, 1.807) is 0 Å². The minimum absolute atomic E-state index is 1.21. The van der Waals surface area contributed by atoms with Gasteiger partial charge in [-0.3, -0.25) is 0 Å². The zero-order valence-electron chi connectivity index (χ0n) is 33.1. The van der Waals surface area contributed by atoms with E-state index in [-0.39, 0.29) is 0 Å². The first-order valence-corrected chi connectivity index (χ1v) is 36.6. The molecule has 0 saturated carbocycles. The Hall–Kier alpha value is -4.49. The minimum atomic E-state index is -5.65. The van der Waals surface area contributed by atoms with E-state index >= 15 is 0 Å². The second kappa shape index (κ2) is 17.1. The summed E-state index contributed by atoms with van der Waals surface area (Å²) in [6.07, 6.45) is 0. The molecule has 0 saturated heterocycles. The molecular formula is C54H48Cl2P3Pd. The molecule has 0 nitrogen and oxygen atoms in total. The van der Waals surface area contributed by atoms with Crippen LogP contribution >= 0.6 is 35.4 Å². The van der Waals surface area contributed by atoms with Crippen LogP contribution in [0.4, 0.5) is 0 Å². The number of hydrogen-bond acceptors (Lipinski definition) is 0. The van der Waals surface area contributed by atoms with Gasteiger partial charge in [0.1, 0.15) is 0 Å². The normalized spacial score (nSPS) is 13.7. The van der Waals surface area contributed by atoms with Crippen LogP contribution < -0.4 is 47.7 Å². The van der Waals surface area contributed by atoms with Gasteiger partial charge in [-0.15, -0.1) is 0 Å². The average molecular weight is 967 g/mol. The van der Waals surface area contributed by atoms with Crippen molar-refractivity contribution in [1.82, 2.24) is 0 Å². The molecular weight excluding hydrogens is 919 g/mol. The molecule has 0 atom stereocenters. The zero-order chi connectivity index (χ0) is 41.0. The summed E-state index contributed by atoms with van der Waals surface area (Å²) in [4.78, 5) is 0. The fourth-order valence-corrected chi connectivity index (χ4v) is 128. The molecule has 0 spiro atoms. The van der Waals surface area contributed by atoms with Gasteiger partial charge in [0.2, 0.25) is 0 Å². The van der Waals surface area contributed by atoms with Crippen LogP contribution in [0, 0.1) is 0 Å². The SMILES string of the molecule is [Cl][Pd]([Cl])([PH](c1ccccc1)(c1ccccc1)c1ccccc1)([PH](c1ccccc1)(c1ccccc1)c1ccccc1)[PH](c1ccccc1)(c1ccccc1)c1ccccc1. The van der Waals surface area contributed by atoms with Gasteiger partial charge in [0.25, 0.3) is 0 Å². The molecule has 0 aliphatic heterocycles. The van der Waals surface area contributed by atoms with E-state index in [1.165, 1.54) is 47.7 Å². The molecule has 0 N–H and O–H groups in total. The molecule has 0 heterocycles. The molecule has 9 rings (SSSR count). The van der Waals surface area contributed by atoms with Crippen molar-refractivity contribution in [2.24, 2.45) is 0 Å². The molecule has 0 aliphatic carbocycles. The van der Waals surface area contributed by atoms with Crippen LogP contribution in [0.5, 0.6) is 0 Å². The molecule has 0 aliphatic rings. The monoisotopic (exact) mass is 965 g/mol. The second-order valence-electron chi connectivity index (χ2n) is 14.8. The van der Waals surface area contributed by atoms with Crippen LogP contribution in [-0.4, -0.2) is 0 Å². The topological polar surface area (TPSA) is 0 Å². The van der Waals surface area contributed by atoms with Gasteiger partial charge in [0.05, 0.1) is 0 Å². The summed E-state index contributed by atoms with van der Waals surface area (Å²) in [7, 11) is 15.3. The van der Waals surface area contributed by atoms with Gasteiger partial charge in [-0.1, -0.05) is 0 Å². The molecule has 0 radical (unpaired) electrons. The molecule has 303 valence electrons. The van der Waals surface area contributed by atoms with Crippen molar-refractivity contribution in [3.05, 3.63) is 273 Å². The predicted octanol–water partition coefficient (Wildman–Crippen LogP) is 10.9. The first kappa shape index (κ1) is 40.9. The summed E-state index contributed by atoms with van der Waals surface area (Å²) in [6, 6.07) is 101. The van der Waals surface area contributed by atoms with Crippen molar-refractivity contribution in [2.75, 3.05) is 0 Å². The van der Waals surface area contributed by atoms with Crippen LogP contribution in [0.2, 0.25) is 0 Å². The molecule has 0 aromatic heterocycles. The number of halogens is 2. The van der Waals surface area contributed by atoms with E-state index in [4.69, 9.17) is 0 Å². The van der Waals surface area contributed by atoms with E-state index < -0.39 is 27.1 Å². The van der Waals surface area contributed by atoms with Gasteiger partial charge >= 0.3 is 367 Å². The Labute approximate surface area is 364 Å². The van der Waals surface area contributed by atoms with Gasteiger partial charge in [0.15, 0.2) is 0 Å². The van der Waals surface area contributed by atoms with Crippen molar-refractivity contribution in [3.63, 3.8) is 0 Å². The van der Waals surface area contributed by atoms with Gasteiger partial charge in [0, 0.05) is 0 Å². The zero-order valence-corrected chi connectivity index (χ0v) is 39.1. The van der Waals surface area contributed by atoms with E-state index in [2.05, 4.69) is 273 Å². The second-order valence-corrected chi connectivity index (χ2v) is 67.6. The summed E-state index contributed by atoms with van der Waals surface area (Å²) in [5, 5.41) is 10.9. The third-order valence-electron chi connectivity index (χ3n) is 11.6. The van der Waals surface area contributed by atoms with E-state index in [0.717, 1.165) is 0 Å². The third kappa shape index (κ3) is 5.95. The summed E-state index contributed by atoms with van der Waals surface area (Å²) in [6.45, 7) is 0. The van der Waals surface area contributed by atoms with Crippen LogP contribution in [0.3, 0.4) is 0 Å². The first-order valence-electron chi connectivity index (χ1n) is 20.2. The van der Waals surface area contributed by atoms with Crippen LogP contribution in [0.1, 0.15) is 0 Å². The Bertz CT molecular complexity index is 2170. The van der Waals surface area contributed by atoms with Crippen molar-refractivity contribution in [2.45, 2.75) is 0 Å². The van der Waals surface area contributed by atoms with E-state index in [0.29, 0.717) is 0 Å². The Kier molecular flexibility index (Phi) is 11.7. The number of rotatable bonds is 12. The Morgan fingerprint density at radius 1 is 0.183 bits per heavy atom. The van der Waals surface area contributed by atoms with E-state index in [9.17, 15) is 19.1 Å². The van der Waals surface area contributed by atoms with Crippen molar-refractivity contribution < 1.29 is 10.8 Å². The van der Waals surface area contributed by atoms with Crippen molar-refractivity contribution in [3.8, 4) is 0 Å². The maximum atomic E-state index is 10.5. The summed E-state index contributed by atoms with van der Waals surface area (Å²) in [5.74, 6) is 0. The average Bonchev–Trinajstić information content (AvgIpc) is 3.33. The molecule has 0 fully saturated rings. The predicted molar refractivity (Wildman–Crippen MR) is 271 cm³/mol. The molecule has 6 heteroatoms. The quantitative estimate of drug-likeness (QED) is 0.0846. The number of benzene rings is 9. The molecule has 0 bridgehead atoms. The van der Waals surface area contributed by atoms with E-state index in [1.807, 2.05) is 0 Å². The molecule has 60 heavy (non-hydrogen) atoms. The summed E-state index contributed by atoms with van der Waals surface area (Å²) < 4.78 is 0. The van der Waals surface area contributed by atoms with Crippen molar-refractivity contribution >= 4 is 83.2 Å². The molecule has 9 aromatic rings. The van der Waals surface area contributed by atoms with Gasteiger partial charge in [-0.25, -0.2) is 0 Å². The molecule has 9 aromatic carbocycles. The first-order chi connectivity index (χ1) is 29.5.